The number of aliphatic imine (C=N–C) groups is 1. The predicted octanol–water partition coefficient (Wildman–Crippen LogP) is 1.95. The summed E-state index contributed by atoms with van der Waals surface area (Å²) in [5, 5.41) is 6.78. The lowest BCUT2D eigenvalue weighted by molar-refractivity contribution is 0.191. The molecule has 1 aromatic heterocycles. The molecule has 6 nitrogen and oxygen atoms in total. The van der Waals surface area contributed by atoms with Gasteiger partial charge in [-0.1, -0.05) is 6.92 Å². The van der Waals surface area contributed by atoms with E-state index in [9.17, 15) is 0 Å². The van der Waals surface area contributed by atoms with Crippen LogP contribution in [0.3, 0.4) is 0 Å². The maximum atomic E-state index is 4.65. The SMILES string of the molecule is CCNC(=NCCCn1ccnc1)NCCCN1CCC(C)CC1. The molecule has 0 amide bonds. The Hall–Kier alpha value is -1.56. The van der Waals surface area contributed by atoms with Gasteiger partial charge in [-0.2, -0.15) is 0 Å². The first-order valence-electron chi connectivity index (χ1n) is 9.48. The monoisotopic (exact) mass is 334 g/mol. The zero-order valence-corrected chi connectivity index (χ0v) is 15.4. The fourth-order valence-corrected chi connectivity index (χ4v) is 3.00. The molecule has 0 spiro atoms. The number of guanidine groups is 1. The minimum absolute atomic E-state index is 0.831. The summed E-state index contributed by atoms with van der Waals surface area (Å²) in [5.41, 5.74) is 0. The summed E-state index contributed by atoms with van der Waals surface area (Å²) >= 11 is 0. The molecular formula is C18H34N6. The van der Waals surface area contributed by atoms with Crippen LogP contribution in [0.25, 0.3) is 0 Å². The van der Waals surface area contributed by atoms with Crippen LogP contribution in [-0.4, -0.2) is 59.7 Å². The fourth-order valence-electron chi connectivity index (χ4n) is 3.00. The number of rotatable bonds is 9. The van der Waals surface area contributed by atoms with Crippen molar-refractivity contribution in [1.82, 2.24) is 25.1 Å². The Labute approximate surface area is 146 Å². The number of nitrogens with zero attached hydrogens (tertiary/aromatic N) is 4. The molecule has 0 radical (unpaired) electrons. The van der Waals surface area contributed by atoms with E-state index in [1.165, 1.54) is 38.9 Å². The van der Waals surface area contributed by atoms with E-state index in [-0.39, 0.29) is 0 Å². The number of piperidine rings is 1. The van der Waals surface area contributed by atoms with Crippen molar-refractivity contribution in [2.75, 3.05) is 39.3 Å². The van der Waals surface area contributed by atoms with Gasteiger partial charge in [0, 0.05) is 38.6 Å². The summed E-state index contributed by atoms with van der Waals surface area (Å²) in [7, 11) is 0. The third-order valence-corrected chi connectivity index (χ3v) is 4.57. The number of nitrogens with one attached hydrogen (secondary N) is 2. The summed E-state index contributed by atoms with van der Waals surface area (Å²) in [5.74, 6) is 1.85. The summed E-state index contributed by atoms with van der Waals surface area (Å²) in [6.45, 7) is 11.9. The van der Waals surface area contributed by atoms with Gasteiger partial charge in [-0.15, -0.1) is 0 Å². The molecule has 1 saturated heterocycles. The number of aromatic nitrogens is 2. The Bertz CT molecular complexity index is 448. The maximum Gasteiger partial charge on any atom is 0.191 e. The molecule has 24 heavy (non-hydrogen) atoms. The molecule has 2 N–H and O–H groups in total. The van der Waals surface area contributed by atoms with E-state index >= 15 is 0 Å². The highest BCUT2D eigenvalue weighted by Crippen LogP contribution is 2.15. The molecule has 2 rings (SSSR count). The highest BCUT2D eigenvalue weighted by Gasteiger charge is 2.14. The molecule has 1 aromatic rings. The van der Waals surface area contributed by atoms with Gasteiger partial charge in [0.15, 0.2) is 5.96 Å². The van der Waals surface area contributed by atoms with Crippen molar-refractivity contribution < 1.29 is 0 Å². The van der Waals surface area contributed by atoms with E-state index in [2.05, 4.69) is 43.9 Å². The molecule has 0 atom stereocenters. The third kappa shape index (κ3) is 7.34. The van der Waals surface area contributed by atoms with Gasteiger partial charge in [0.05, 0.1) is 6.33 Å². The van der Waals surface area contributed by atoms with Crippen molar-refractivity contribution in [2.24, 2.45) is 10.9 Å². The fraction of sp³-hybridized carbons (Fsp3) is 0.778. The first-order valence-corrected chi connectivity index (χ1v) is 9.48. The maximum absolute atomic E-state index is 4.65. The summed E-state index contributed by atoms with van der Waals surface area (Å²) in [6.07, 6.45) is 10.6. The molecule has 1 aliphatic heterocycles. The zero-order valence-electron chi connectivity index (χ0n) is 15.4. The second kappa shape index (κ2) is 11.1. The van der Waals surface area contributed by atoms with Gasteiger partial charge in [0.1, 0.15) is 0 Å². The van der Waals surface area contributed by atoms with Crippen LogP contribution in [0.2, 0.25) is 0 Å². The van der Waals surface area contributed by atoms with Gasteiger partial charge in [0.2, 0.25) is 0 Å². The van der Waals surface area contributed by atoms with Crippen LogP contribution in [-0.2, 0) is 6.54 Å². The standard InChI is InChI=1S/C18H34N6/c1-3-20-18(22-9-5-12-24-15-10-19-16-24)21-8-4-11-23-13-6-17(2)7-14-23/h10,15-17H,3-9,11-14H2,1-2H3,(H2,20,21,22). The minimum atomic E-state index is 0.831. The molecule has 0 bridgehead atoms. The summed E-state index contributed by atoms with van der Waals surface area (Å²) in [4.78, 5) is 11.3. The number of imidazole rings is 1. The molecule has 0 unspecified atom stereocenters. The first-order chi connectivity index (χ1) is 11.8. The van der Waals surface area contributed by atoms with Crippen molar-refractivity contribution in [2.45, 2.75) is 46.1 Å². The van der Waals surface area contributed by atoms with Crippen LogP contribution >= 0.6 is 0 Å². The van der Waals surface area contributed by atoms with Gasteiger partial charge < -0.3 is 20.1 Å². The van der Waals surface area contributed by atoms with Gasteiger partial charge >= 0.3 is 0 Å². The Kier molecular flexibility index (Phi) is 8.66. The lowest BCUT2D eigenvalue weighted by Crippen LogP contribution is -2.39. The van der Waals surface area contributed by atoms with Crippen LogP contribution in [0.15, 0.2) is 23.7 Å². The summed E-state index contributed by atoms with van der Waals surface area (Å²) in [6, 6.07) is 0. The number of hydrogen-bond donors (Lipinski definition) is 2. The largest absolute Gasteiger partial charge is 0.357 e. The lowest BCUT2D eigenvalue weighted by Gasteiger charge is -2.30. The minimum Gasteiger partial charge on any atom is -0.357 e. The van der Waals surface area contributed by atoms with Gasteiger partial charge in [-0.3, -0.25) is 4.99 Å². The molecule has 136 valence electrons. The number of hydrogen-bond acceptors (Lipinski definition) is 3. The van der Waals surface area contributed by atoms with E-state index in [4.69, 9.17) is 0 Å². The van der Waals surface area contributed by atoms with Crippen molar-refractivity contribution in [3.8, 4) is 0 Å². The molecule has 0 saturated carbocycles. The van der Waals surface area contributed by atoms with Crippen LogP contribution in [0.1, 0.15) is 39.5 Å². The van der Waals surface area contributed by atoms with Crippen LogP contribution in [0.5, 0.6) is 0 Å². The average molecular weight is 335 g/mol. The molecule has 2 heterocycles. The zero-order chi connectivity index (χ0) is 17.0. The Morgan fingerprint density at radius 2 is 2.04 bits per heavy atom. The Morgan fingerprint density at radius 1 is 1.21 bits per heavy atom. The molecule has 6 heteroatoms. The van der Waals surface area contributed by atoms with Crippen LogP contribution in [0.4, 0.5) is 0 Å². The van der Waals surface area contributed by atoms with E-state index in [0.29, 0.717) is 0 Å². The van der Waals surface area contributed by atoms with E-state index in [1.807, 2.05) is 18.7 Å². The predicted molar refractivity (Wildman–Crippen MR) is 100 cm³/mol. The van der Waals surface area contributed by atoms with E-state index in [0.717, 1.165) is 44.5 Å². The summed E-state index contributed by atoms with van der Waals surface area (Å²) < 4.78 is 2.09. The second-order valence-electron chi connectivity index (χ2n) is 6.72. The molecule has 1 fully saturated rings. The number of likely N-dealkylation sites (tertiary alicyclic amines) is 1. The quantitative estimate of drug-likeness (QED) is 0.412. The second-order valence-corrected chi connectivity index (χ2v) is 6.72. The molecular weight excluding hydrogens is 300 g/mol. The highest BCUT2D eigenvalue weighted by molar-refractivity contribution is 5.79. The van der Waals surface area contributed by atoms with Crippen LogP contribution in [0, 0.1) is 5.92 Å². The topological polar surface area (TPSA) is 57.5 Å². The third-order valence-electron chi connectivity index (χ3n) is 4.57. The Balaban J connectivity index is 1.58. The van der Waals surface area contributed by atoms with Gasteiger partial charge in [-0.05, 0) is 58.2 Å². The smallest absolute Gasteiger partial charge is 0.191 e. The average Bonchev–Trinajstić information content (AvgIpc) is 3.10. The van der Waals surface area contributed by atoms with Gasteiger partial charge in [0.25, 0.3) is 0 Å². The molecule has 1 aliphatic rings. The first kappa shape index (κ1) is 18.8. The van der Waals surface area contributed by atoms with Crippen molar-refractivity contribution in [3.05, 3.63) is 18.7 Å². The van der Waals surface area contributed by atoms with E-state index in [1.54, 1.807) is 0 Å². The molecule has 0 aliphatic carbocycles. The van der Waals surface area contributed by atoms with Crippen LogP contribution < -0.4 is 10.6 Å². The van der Waals surface area contributed by atoms with Crippen molar-refractivity contribution in [1.29, 1.82) is 0 Å². The lowest BCUT2D eigenvalue weighted by atomic mass is 9.99. The normalized spacial score (nSPS) is 17.2. The Morgan fingerprint density at radius 3 is 2.75 bits per heavy atom. The molecule has 0 aromatic carbocycles. The van der Waals surface area contributed by atoms with Crippen molar-refractivity contribution in [3.63, 3.8) is 0 Å². The number of aryl methyl sites for hydroxylation is 1. The van der Waals surface area contributed by atoms with Gasteiger partial charge in [-0.25, -0.2) is 4.98 Å². The highest BCUT2D eigenvalue weighted by atomic mass is 15.2. The van der Waals surface area contributed by atoms with Crippen molar-refractivity contribution >= 4 is 5.96 Å². The van der Waals surface area contributed by atoms with E-state index < -0.39 is 0 Å².